The maximum atomic E-state index is 4.64. The third-order valence-electron chi connectivity index (χ3n) is 2.66. The SMILES string of the molecule is CC(C)NCc1csc(N(C)c2ccccc2)n1. The zero-order valence-corrected chi connectivity index (χ0v) is 11.9. The molecule has 2 aromatic rings. The molecule has 18 heavy (non-hydrogen) atoms. The number of rotatable bonds is 5. The second kappa shape index (κ2) is 5.98. The number of thiazole rings is 1. The molecule has 0 atom stereocenters. The van der Waals surface area contributed by atoms with Gasteiger partial charge in [0.2, 0.25) is 0 Å². The molecule has 96 valence electrons. The molecule has 0 aliphatic rings. The Morgan fingerprint density at radius 2 is 2.00 bits per heavy atom. The second-order valence-electron chi connectivity index (χ2n) is 4.55. The summed E-state index contributed by atoms with van der Waals surface area (Å²) in [6.07, 6.45) is 0. The molecule has 0 fully saturated rings. The summed E-state index contributed by atoms with van der Waals surface area (Å²) in [6, 6.07) is 10.8. The van der Waals surface area contributed by atoms with E-state index in [1.165, 1.54) is 0 Å². The molecule has 1 aromatic carbocycles. The monoisotopic (exact) mass is 261 g/mol. The van der Waals surface area contributed by atoms with Gasteiger partial charge in [0.25, 0.3) is 0 Å². The van der Waals surface area contributed by atoms with Crippen LogP contribution in [0.1, 0.15) is 19.5 Å². The van der Waals surface area contributed by atoms with Gasteiger partial charge in [-0.15, -0.1) is 11.3 Å². The molecule has 1 aromatic heterocycles. The first kappa shape index (κ1) is 13.1. The maximum absolute atomic E-state index is 4.64. The van der Waals surface area contributed by atoms with E-state index in [1.807, 2.05) is 25.2 Å². The van der Waals surface area contributed by atoms with Crippen LogP contribution >= 0.6 is 11.3 Å². The lowest BCUT2D eigenvalue weighted by atomic mass is 10.3. The Labute approximate surface area is 112 Å². The van der Waals surface area contributed by atoms with E-state index in [-0.39, 0.29) is 0 Å². The predicted molar refractivity (Wildman–Crippen MR) is 78.6 cm³/mol. The van der Waals surface area contributed by atoms with Gasteiger partial charge >= 0.3 is 0 Å². The largest absolute Gasteiger partial charge is 0.321 e. The first-order valence-electron chi connectivity index (χ1n) is 6.13. The molecule has 0 bridgehead atoms. The number of hydrogen-bond acceptors (Lipinski definition) is 4. The van der Waals surface area contributed by atoms with Crippen molar-refractivity contribution in [3.05, 3.63) is 41.4 Å². The molecule has 0 aliphatic heterocycles. The summed E-state index contributed by atoms with van der Waals surface area (Å²) in [5.41, 5.74) is 2.27. The van der Waals surface area contributed by atoms with Crippen molar-refractivity contribution >= 4 is 22.2 Å². The van der Waals surface area contributed by atoms with E-state index in [0.717, 1.165) is 23.1 Å². The van der Waals surface area contributed by atoms with E-state index in [0.29, 0.717) is 6.04 Å². The van der Waals surface area contributed by atoms with Crippen molar-refractivity contribution in [1.82, 2.24) is 10.3 Å². The summed E-state index contributed by atoms with van der Waals surface area (Å²) in [4.78, 5) is 6.76. The Hall–Kier alpha value is -1.39. The number of aromatic nitrogens is 1. The summed E-state index contributed by atoms with van der Waals surface area (Å²) in [5.74, 6) is 0. The number of benzene rings is 1. The lowest BCUT2D eigenvalue weighted by molar-refractivity contribution is 0.583. The molecule has 1 heterocycles. The fourth-order valence-corrected chi connectivity index (χ4v) is 2.41. The highest BCUT2D eigenvalue weighted by Gasteiger charge is 2.08. The van der Waals surface area contributed by atoms with Crippen molar-refractivity contribution in [1.29, 1.82) is 0 Å². The Balaban J connectivity index is 2.06. The van der Waals surface area contributed by atoms with Crippen molar-refractivity contribution in [3.8, 4) is 0 Å². The lowest BCUT2D eigenvalue weighted by Gasteiger charge is -2.15. The highest BCUT2D eigenvalue weighted by molar-refractivity contribution is 7.13. The second-order valence-corrected chi connectivity index (χ2v) is 5.39. The Morgan fingerprint density at radius 3 is 2.67 bits per heavy atom. The average molecular weight is 261 g/mol. The molecule has 2 rings (SSSR count). The van der Waals surface area contributed by atoms with Gasteiger partial charge in [-0.2, -0.15) is 0 Å². The van der Waals surface area contributed by atoms with Gasteiger partial charge in [-0.05, 0) is 12.1 Å². The van der Waals surface area contributed by atoms with Crippen molar-refractivity contribution in [3.63, 3.8) is 0 Å². The van der Waals surface area contributed by atoms with Crippen molar-refractivity contribution in [2.24, 2.45) is 0 Å². The van der Waals surface area contributed by atoms with Crippen LogP contribution in [0.3, 0.4) is 0 Å². The Kier molecular flexibility index (Phi) is 4.33. The number of hydrogen-bond donors (Lipinski definition) is 1. The number of nitrogens with zero attached hydrogens (tertiary/aromatic N) is 2. The molecular weight excluding hydrogens is 242 g/mol. The van der Waals surface area contributed by atoms with E-state index in [4.69, 9.17) is 0 Å². The molecule has 1 N–H and O–H groups in total. The summed E-state index contributed by atoms with van der Waals surface area (Å²) >= 11 is 1.68. The molecule has 0 radical (unpaired) electrons. The Bertz CT molecular complexity index is 479. The molecule has 0 spiro atoms. The van der Waals surface area contributed by atoms with Gasteiger partial charge < -0.3 is 10.2 Å². The predicted octanol–water partition coefficient (Wildman–Crippen LogP) is 3.41. The number of para-hydroxylation sites is 1. The molecule has 0 unspecified atom stereocenters. The zero-order chi connectivity index (χ0) is 13.0. The Morgan fingerprint density at radius 1 is 1.28 bits per heavy atom. The molecule has 4 heteroatoms. The molecule has 0 saturated carbocycles. The van der Waals surface area contributed by atoms with Crippen LogP contribution in [0.15, 0.2) is 35.7 Å². The average Bonchev–Trinajstić information content (AvgIpc) is 2.85. The van der Waals surface area contributed by atoms with Crippen LogP contribution in [0.2, 0.25) is 0 Å². The minimum absolute atomic E-state index is 0.488. The minimum atomic E-state index is 0.488. The van der Waals surface area contributed by atoms with Crippen LogP contribution in [0, 0.1) is 0 Å². The van der Waals surface area contributed by atoms with Gasteiger partial charge in [-0.1, -0.05) is 32.0 Å². The van der Waals surface area contributed by atoms with Crippen LogP contribution in [-0.2, 0) is 6.54 Å². The van der Waals surface area contributed by atoms with Gasteiger partial charge in [0, 0.05) is 30.7 Å². The van der Waals surface area contributed by atoms with Gasteiger partial charge in [0.05, 0.1) is 5.69 Å². The normalized spacial score (nSPS) is 10.9. The van der Waals surface area contributed by atoms with Gasteiger partial charge in [-0.3, -0.25) is 0 Å². The summed E-state index contributed by atoms with van der Waals surface area (Å²) in [6.45, 7) is 5.11. The summed E-state index contributed by atoms with van der Waals surface area (Å²) in [5, 5.41) is 6.52. The van der Waals surface area contributed by atoms with Crippen LogP contribution in [0.4, 0.5) is 10.8 Å². The molecular formula is C14H19N3S. The minimum Gasteiger partial charge on any atom is -0.321 e. The van der Waals surface area contributed by atoms with E-state index >= 15 is 0 Å². The fraction of sp³-hybridized carbons (Fsp3) is 0.357. The molecule has 3 nitrogen and oxygen atoms in total. The first-order chi connectivity index (χ1) is 8.66. The molecule has 0 aliphatic carbocycles. The van der Waals surface area contributed by atoms with E-state index in [9.17, 15) is 0 Å². The first-order valence-corrected chi connectivity index (χ1v) is 7.01. The van der Waals surface area contributed by atoms with Gasteiger partial charge in [0.15, 0.2) is 5.13 Å². The molecule has 0 saturated heterocycles. The topological polar surface area (TPSA) is 28.2 Å². The van der Waals surface area contributed by atoms with Crippen LogP contribution in [0.25, 0.3) is 0 Å². The highest BCUT2D eigenvalue weighted by Crippen LogP contribution is 2.26. The quantitative estimate of drug-likeness (QED) is 0.894. The summed E-state index contributed by atoms with van der Waals surface area (Å²) in [7, 11) is 2.05. The fourth-order valence-electron chi connectivity index (χ4n) is 1.60. The summed E-state index contributed by atoms with van der Waals surface area (Å²) < 4.78 is 0. The lowest BCUT2D eigenvalue weighted by Crippen LogP contribution is -2.22. The van der Waals surface area contributed by atoms with Crippen molar-refractivity contribution in [2.75, 3.05) is 11.9 Å². The van der Waals surface area contributed by atoms with E-state index in [2.05, 4.69) is 46.6 Å². The standard InChI is InChI=1S/C14H19N3S/c1-11(2)15-9-12-10-18-14(16-12)17(3)13-7-5-4-6-8-13/h4-8,10-11,15H,9H2,1-3H3. The van der Waals surface area contributed by atoms with E-state index < -0.39 is 0 Å². The number of anilines is 2. The highest BCUT2D eigenvalue weighted by atomic mass is 32.1. The van der Waals surface area contributed by atoms with Gasteiger partial charge in [-0.25, -0.2) is 4.98 Å². The smallest absolute Gasteiger partial charge is 0.189 e. The van der Waals surface area contributed by atoms with Crippen LogP contribution < -0.4 is 10.2 Å². The third-order valence-corrected chi connectivity index (χ3v) is 3.63. The maximum Gasteiger partial charge on any atom is 0.189 e. The van der Waals surface area contributed by atoms with Gasteiger partial charge in [0.1, 0.15) is 0 Å². The van der Waals surface area contributed by atoms with Crippen molar-refractivity contribution in [2.45, 2.75) is 26.4 Å². The van der Waals surface area contributed by atoms with E-state index in [1.54, 1.807) is 11.3 Å². The third kappa shape index (κ3) is 3.31. The van der Waals surface area contributed by atoms with Crippen molar-refractivity contribution < 1.29 is 0 Å². The van der Waals surface area contributed by atoms with Crippen LogP contribution in [-0.4, -0.2) is 18.1 Å². The zero-order valence-electron chi connectivity index (χ0n) is 11.1. The molecule has 0 amide bonds. The van der Waals surface area contributed by atoms with Crippen LogP contribution in [0.5, 0.6) is 0 Å². The number of nitrogens with one attached hydrogen (secondary N) is 1.